The Bertz CT molecular complexity index is 521. The Kier molecular flexibility index (Phi) is 2.85. The van der Waals surface area contributed by atoms with Crippen molar-refractivity contribution < 1.29 is 0 Å². The van der Waals surface area contributed by atoms with E-state index in [1.165, 1.54) is 11.1 Å². The summed E-state index contributed by atoms with van der Waals surface area (Å²) in [4.78, 5) is 0. The van der Waals surface area contributed by atoms with Crippen molar-refractivity contribution in [3.8, 4) is 0 Å². The van der Waals surface area contributed by atoms with E-state index in [1.807, 2.05) is 0 Å². The van der Waals surface area contributed by atoms with Crippen molar-refractivity contribution in [2.75, 3.05) is 0 Å². The summed E-state index contributed by atoms with van der Waals surface area (Å²) in [7, 11) is 0. The monoisotopic (exact) mass is 247 g/mol. The average molecular weight is 248 g/mol. The summed E-state index contributed by atoms with van der Waals surface area (Å²) in [5, 5.41) is 8.00. The lowest BCUT2D eigenvalue weighted by Crippen LogP contribution is -2.19. The minimum Gasteiger partial charge on any atom is -0.313 e. The molecule has 88 valence electrons. The Morgan fingerprint density at radius 3 is 2.94 bits per heavy atom. The maximum absolute atomic E-state index is 5.87. The molecule has 0 saturated heterocycles. The van der Waals surface area contributed by atoms with Crippen LogP contribution in [0.5, 0.6) is 0 Å². The maximum atomic E-state index is 5.87. The van der Waals surface area contributed by atoms with E-state index in [9.17, 15) is 0 Å². The molecule has 3 nitrogen and oxygen atoms in total. The summed E-state index contributed by atoms with van der Waals surface area (Å²) in [6.45, 7) is 0. The SMILES string of the molecule is ClCc1nncn1C1CCc2ccccc2C1. The number of aryl methyl sites for hydroxylation is 1. The molecule has 0 bridgehead atoms. The lowest BCUT2D eigenvalue weighted by atomic mass is 9.88. The van der Waals surface area contributed by atoms with E-state index in [4.69, 9.17) is 11.6 Å². The largest absolute Gasteiger partial charge is 0.313 e. The minimum absolute atomic E-state index is 0.429. The predicted octanol–water partition coefficient (Wildman–Crippen LogP) is 2.75. The molecule has 0 aliphatic heterocycles. The fourth-order valence-corrected chi connectivity index (χ4v) is 2.77. The first kappa shape index (κ1) is 10.8. The molecular weight excluding hydrogens is 234 g/mol. The molecule has 1 aliphatic rings. The highest BCUT2D eigenvalue weighted by Crippen LogP contribution is 2.29. The molecule has 0 fully saturated rings. The third kappa shape index (κ3) is 1.95. The van der Waals surface area contributed by atoms with Crippen molar-refractivity contribution in [3.63, 3.8) is 0 Å². The first-order valence-electron chi connectivity index (χ1n) is 5.89. The second-order valence-corrected chi connectivity index (χ2v) is 4.72. The fraction of sp³-hybridized carbons (Fsp3) is 0.385. The Morgan fingerprint density at radius 2 is 2.12 bits per heavy atom. The van der Waals surface area contributed by atoms with Gasteiger partial charge in [-0.15, -0.1) is 21.8 Å². The molecule has 0 amide bonds. The first-order chi connectivity index (χ1) is 8.38. The summed E-state index contributed by atoms with van der Waals surface area (Å²) >= 11 is 5.87. The first-order valence-corrected chi connectivity index (χ1v) is 6.43. The molecule has 1 heterocycles. The molecule has 17 heavy (non-hydrogen) atoms. The van der Waals surface area contributed by atoms with Crippen LogP contribution < -0.4 is 0 Å². The van der Waals surface area contributed by atoms with Crippen LogP contribution in [-0.4, -0.2) is 14.8 Å². The van der Waals surface area contributed by atoms with Crippen LogP contribution in [0.15, 0.2) is 30.6 Å². The van der Waals surface area contributed by atoms with E-state index in [1.54, 1.807) is 6.33 Å². The zero-order valence-corrected chi connectivity index (χ0v) is 10.3. The summed E-state index contributed by atoms with van der Waals surface area (Å²) < 4.78 is 2.13. The van der Waals surface area contributed by atoms with Crippen LogP contribution in [-0.2, 0) is 18.7 Å². The van der Waals surface area contributed by atoms with Gasteiger partial charge in [0.15, 0.2) is 0 Å². The molecule has 1 aromatic carbocycles. The Hall–Kier alpha value is -1.35. The number of benzene rings is 1. The molecule has 1 aromatic heterocycles. The molecule has 0 saturated carbocycles. The van der Waals surface area contributed by atoms with Gasteiger partial charge in [-0.1, -0.05) is 24.3 Å². The fourth-order valence-electron chi connectivity index (χ4n) is 2.58. The van der Waals surface area contributed by atoms with Crippen LogP contribution in [0.2, 0.25) is 0 Å². The van der Waals surface area contributed by atoms with Gasteiger partial charge in [0.25, 0.3) is 0 Å². The number of alkyl halides is 1. The molecule has 1 aliphatic carbocycles. The van der Waals surface area contributed by atoms with Gasteiger partial charge in [-0.25, -0.2) is 0 Å². The highest BCUT2D eigenvalue weighted by atomic mass is 35.5. The van der Waals surface area contributed by atoms with Crippen LogP contribution in [0.25, 0.3) is 0 Å². The zero-order valence-electron chi connectivity index (χ0n) is 9.51. The van der Waals surface area contributed by atoms with Gasteiger partial charge in [0.2, 0.25) is 0 Å². The maximum Gasteiger partial charge on any atom is 0.148 e. The molecule has 3 rings (SSSR count). The highest BCUT2D eigenvalue weighted by molar-refractivity contribution is 6.16. The standard InChI is InChI=1S/C13H14ClN3/c14-8-13-16-15-9-17(13)12-6-5-10-3-1-2-4-11(10)7-12/h1-4,9,12H,5-8H2. The topological polar surface area (TPSA) is 30.7 Å². The van der Waals surface area contributed by atoms with Crippen molar-refractivity contribution in [2.45, 2.75) is 31.2 Å². The highest BCUT2D eigenvalue weighted by Gasteiger charge is 2.21. The Balaban J connectivity index is 1.89. The second kappa shape index (κ2) is 4.49. The number of hydrogen-bond acceptors (Lipinski definition) is 2. The van der Waals surface area contributed by atoms with Crippen LogP contribution in [0, 0.1) is 0 Å². The van der Waals surface area contributed by atoms with E-state index in [0.29, 0.717) is 11.9 Å². The van der Waals surface area contributed by atoms with E-state index < -0.39 is 0 Å². The van der Waals surface area contributed by atoms with Crippen molar-refractivity contribution >= 4 is 11.6 Å². The molecule has 0 radical (unpaired) electrons. The lowest BCUT2D eigenvalue weighted by molar-refractivity contribution is 0.432. The molecule has 4 heteroatoms. The Morgan fingerprint density at radius 1 is 1.29 bits per heavy atom. The number of rotatable bonds is 2. The molecule has 0 spiro atoms. The van der Waals surface area contributed by atoms with Crippen molar-refractivity contribution in [2.24, 2.45) is 0 Å². The van der Waals surface area contributed by atoms with Crippen LogP contribution in [0.3, 0.4) is 0 Å². The van der Waals surface area contributed by atoms with Gasteiger partial charge in [0, 0.05) is 6.04 Å². The normalized spacial score (nSPS) is 19.0. The van der Waals surface area contributed by atoms with E-state index in [2.05, 4.69) is 39.0 Å². The van der Waals surface area contributed by atoms with E-state index in [0.717, 1.165) is 25.1 Å². The second-order valence-electron chi connectivity index (χ2n) is 4.45. The number of nitrogens with zero attached hydrogens (tertiary/aromatic N) is 3. The average Bonchev–Trinajstić information content (AvgIpc) is 2.86. The van der Waals surface area contributed by atoms with Crippen molar-refractivity contribution in [1.82, 2.24) is 14.8 Å². The quantitative estimate of drug-likeness (QED) is 0.764. The van der Waals surface area contributed by atoms with E-state index >= 15 is 0 Å². The van der Waals surface area contributed by atoms with Gasteiger partial charge in [0.05, 0.1) is 5.88 Å². The van der Waals surface area contributed by atoms with Crippen LogP contribution in [0.1, 0.15) is 29.4 Å². The molecular formula is C13H14ClN3. The number of hydrogen-bond donors (Lipinski definition) is 0. The van der Waals surface area contributed by atoms with Gasteiger partial charge in [-0.05, 0) is 30.4 Å². The van der Waals surface area contributed by atoms with Crippen molar-refractivity contribution in [3.05, 3.63) is 47.5 Å². The third-order valence-electron chi connectivity index (χ3n) is 3.48. The minimum atomic E-state index is 0.429. The summed E-state index contributed by atoms with van der Waals surface area (Å²) in [6, 6.07) is 9.11. The number of aromatic nitrogens is 3. The summed E-state index contributed by atoms with van der Waals surface area (Å²) in [5.74, 6) is 1.30. The van der Waals surface area contributed by atoms with E-state index in [-0.39, 0.29) is 0 Å². The zero-order chi connectivity index (χ0) is 11.7. The van der Waals surface area contributed by atoms with Gasteiger partial charge in [-0.3, -0.25) is 0 Å². The summed E-state index contributed by atoms with van der Waals surface area (Å²) in [5.41, 5.74) is 2.92. The van der Waals surface area contributed by atoms with Crippen LogP contribution in [0.4, 0.5) is 0 Å². The smallest absolute Gasteiger partial charge is 0.148 e. The van der Waals surface area contributed by atoms with Gasteiger partial charge in [0.1, 0.15) is 12.2 Å². The number of halogens is 1. The number of fused-ring (bicyclic) bond motifs is 1. The van der Waals surface area contributed by atoms with Gasteiger partial charge in [-0.2, -0.15) is 0 Å². The van der Waals surface area contributed by atoms with Crippen LogP contribution >= 0.6 is 11.6 Å². The lowest BCUT2D eigenvalue weighted by Gasteiger charge is -2.26. The third-order valence-corrected chi connectivity index (χ3v) is 3.72. The molecule has 0 N–H and O–H groups in total. The van der Waals surface area contributed by atoms with Crippen molar-refractivity contribution in [1.29, 1.82) is 0 Å². The molecule has 1 unspecified atom stereocenters. The molecule has 2 aromatic rings. The summed E-state index contributed by atoms with van der Waals surface area (Å²) in [6.07, 6.45) is 5.12. The molecule has 1 atom stereocenters. The Labute approximate surface area is 105 Å². The predicted molar refractivity (Wildman–Crippen MR) is 67.1 cm³/mol. The van der Waals surface area contributed by atoms with Gasteiger partial charge >= 0.3 is 0 Å². The van der Waals surface area contributed by atoms with Gasteiger partial charge < -0.3 is 4.57 Å².